The average Bonchev–Trinajstić information content (AvgIpc) is 3.12. The van der Waals surface area contributed by atoms with Gasteiger partial charge in [0.1, 0.15) is 0 Å². The molecule has 2 aromatic heterocycles. The van der Waals surface area contributed by atoms with Gasteiger partial charge in [-0.15, -0.1) is 0 Å². The smallest absolute Gasteiger partial charge is 0.0951 e. The number of imidazole rings is 1. The van der Waals surface area contributed by atoms with Crippen molar-refractivity contribution in [2.75, 3.05) is 0 Å². The van der Waals surface area contributed by atoms with Crippen LogP contribution in [0.4, 0.5) is 0 Å². The molecule has 0 unspecified atom stereocenters. The Balaban J connectivity index is 1.76. The molecule has 1 aliphatic rings. The minimum Gasteiger partial charge on any atom is -0.341 e. The molecule has 1 aliphatic carbocycles. The minimum atomic E-state index is 0.579. The van der Waals surface area contributed by atoms with Crippen molar-refractivity contribution in [1.82, 2.24) is 14.1 Å². The van der Waals surface area contributed by atoms with Crippen LogP contribution in [0.25, 0.3) is 10.9 Å². The molecule has 0 spiro atoms. The largest absolute Gasteiger partial charge is 0.341 e. The summed E-state index contributed by atoms with van der Waals surface area (Å²) in [6.45, 7) is 1.44. The maximum atomic E-state index is 5.86. The molecule has 1 fully saturated rings. The maximum Gasteiger partial charge on any atom is 0.0951 e. The van der Waals surface area contributed by atoms with Crippen molar-refractivity contribution < 1.29 is 0 Å². The van der Waals surface area contributed by atoms with E-state index in [1.54, 1.807) is 0 Å². The van der Waals surface area contributed by atoms with Crippen LogP contribution in [0.5, 0.6) is 0 Å². The number of nitrogens with zero attached hydrogens (tertiary/aromatic N) is 3. The van der Waals surface area contributed by atoms with E-state index < -0.39 is 0 Å². The summed E-state index contributed by atoms with van der Waals surface area (Å²) in [7, 11) is 0. The highest BCUT2D eigenvalue weighted by Gasteiger charge is 2.25. The number of nitrogens with two attached hydrogens (primary N) is 1. The lowest BCUT2D eigenvalue weighted by atomic mass is 10.2. The van der Waals surface area contributed by atoms with Crippen LogP contribution in [0.1, 0.15) is 30.1 Å². The lowest BCUT2D eigenvalue weighted by Gasteiger charge is -2.08. The summed E-state index contributed by atoms with van der Waals surface area (Å²) in [5.41, 5.74) is 9.59. The van der Waals surface area contributed by atoms with Crippen molar-refractivity contribution in [1.29, 1.82) is 0 Å². The molecule has 4 heteroatoms. The van der Waals surface area contributed by atoms with Crippen molar-refractivity contribution in [3.63, 3.8) is 0 Å². The van der Waals surface area contributed by atoms with Gasteiger partial charge in [0.15, 0.2) is 0 Å². The first kappa shape index (κ1) is 11.7. The van der Waals surface area contributed by atoms with E-state index in [-0.39, 0.29) is 0 Å². The lowest BCUT2D eigenvalue weighted by molar-refractivity contribution is 0.664. The molecular weight excluding hydrogens is 248 g/mol. The third kappa shape index (κ3) is 1.84. The summed E-state index contributed by atoms with van der Waals surface area (Å²) in [6, 6.07) is 9.12. The van der Waals surface area contributed by atoms with Gasteiger partial charge in [-0.05, 0) is 24.5 Å². The van der Waals surface area contributed by atoms with Crippen molar-refractivity contribution in [3.05, 3.63) is 54.2 Å². The van der Waals surface area contributed by atoms with Crippen molar-refractivity contribution >= 4 is 10.9 Å². The summed E-state index contributed by atoms with van der Waals surface area (Å²) in [5.74, 6) is 0. The van der Waals surface area contributed by atoms with Crippen molar-refractivity contribution in [2.45, 2.75) is 32.0 Å². The molecule has 3 aromatic rings. The zero-order valence-electron chi connectivity index (χ0n) is 11.4. The third-order valence-electron chi connectivity index (χ3n) is 4.11. The van der Waals surface area contributed by atoms with Crippen molar-refractivity contribution in [2.24, 2.45) is 5.73 Å². The fourth-order valence-electron chi connectivity index (χ4n) is 2.93. The summed E-state index contributed by atoms with van der Waals surface area (Å²) in [5, 5.41) is 1.26. The third-order valence-corrected chi connectivity index (χ3v) is 4.11. The summed E-state index contributed by atoms with van der Waals surface area (Å²) >= 11 is 0. The molecule has 102 valence electrons. The number of hydrogen-bond donors (Lipinski definition) is 1. The Kier molecular flexibility index (Phi) is 2.63. The Bertz CT molecular complexity index is 749. The quantitative estimate of drug-likeness (QED) is 0.789. The van der Waals surface area contributed by atoms with Gasteiger partial charge in [0.25, 0.3) is 0 Å². The predicted octanol–water partition coefficient (Wildman–Crippen LogP) is 2.68. The molecule has 4 nitrogen and oxygen atoms in total. The second-order valence-electron chi connectivity index (χ2n) is 5.53. The summed E-state index contributed by atoms with van der Waals surface area (Å²) in [4.78, 5) is 4.31. The van der Waals surface area contributed by atoms with Crippen LogP contribution in [0.15, 0.2) is 43.0 Å². The molecule has 4 rings (SSSR count). The zero-order chi connectivity index (χ0) is 13.5. The number of para-hydroxylation sites is 1. The van der Waals surface area contributed by atoms with E-state index >= 15 is 0 Å². The summed E-state index contributed by atoms with van der Waals surface area (Å²) < 4.78 is 4.60. The number of fused-ring (bicyclic) bond motifs is 1. The lowest BCUT2D eigenvalue weighted by Crippen LogP contribution is -2.05. The van der Waals surface area contributed by atoms with Gasteiger partial charge in [0.05, 0.1) is 18.6 Å². The van der Waals surface area contributed by atoms with Crippen LogP contribution in [0.3, 0.4) is 0 Å². The van der Waals surface area contributed by atoms with Gasteiger partial charge >= 0.3 is 0 Å². The van der Waals surface area contributed by atoms with Crippen LogP contribution in [0, 0.1) is 0 Å². The van der Waals surface area contributed by atoms with Gasteiger partial charge in [0, 0.05) is 35.9 Å². The van der Waals surface area contributed by atoms with E-state index in [4.69, 9.17) is 5.73 Å². The van der Waals surface area contributed by atoms with Gasteiger partial charge in [-0.3, -0.25) is 0 Å². The topological polar surface area (TPSA) is 48.8 Å². The van der Waals surface area contributed by atoms with E-state index in [1.165, 1.54) is 35.0 Å². The average molecular weight is 266 g/mol. The molecule has 0 saturated heterocycles. The molecule has 0 atom stereocenters. The van der Waals surface area contributed by atoms with Crippen molar-refractivity contribution in [3.8, 4) is 0 Å². The van der Waals surface area contributed by atoms with E-state index in [0.29, 0.717) is 12.6 Å². The molecule has 0 radical (unpaired) electrons. The Morgan fingerprint density at radius 1 is 1.25 bits per heavy atom. The molecule has 2 heterocycles. The second kappa shape index (κ2) is 4.49. The highest BCUT2D eigenvalue weighted by atomic mass is 15.1. The number of rotatable bonds is 4. The Morgan fingerprint density at radius 3 is 2.90 bits per heavy atom. The van der Waals surface area contributed by atoms with Crippen LogP contribution in [0.2, 0.25) is 0 Å². The molecule has 20 heavy (non-hydrogen) atoms. The molecule has 0 amide bonds. The minimum absolute atomic E-state index is 0.579. The second-order valence-corrected chi connectivity index (χ2v) is 5.53. The van der Waals surface area contributed by atoms with E-state index in [2.05, 4.69) is 44.6 Å². The van der Waals surface area contributed by atoms with Gasteiger partial charge in [-0.2, -0.15) is 0 Å². The van der Waals surface area contributed by atoms with Crippen LogP contribution in [-0.2, 0) is 13.1 Å². The molecule has 1 saturated carbocycles. The maximum absolute atomic E-state index is 5.86. The highest BCUT2D eigenvalue weighted by Crippen LogP contribution is 2.36. The van der Waals surface area contributed by atoms with Crippen LogP contribution < -0.4 is 5.73 Å². The molecule has 1 aromatic carbocycles. The monoisotopic (exact) mass is 266 g/mol. The molecule has 2 N–H and O–H groups in total. The Morgan fingerprint density at radius 2 is 2.10 bits per heavy atom. The normalized spacial score (nSPS) is 15.1. The van der Waals surface area contributed by atoms with Gasteiger partial charge in [-0.1, -0.05) is 18.2 Å². The fraction of sp³-hybridized carbons (Fsp3) is 0.312. The van der Waals surface area contributed by atoms with Crippen LogP contribution in [-0.4, -0.2) is 14.1 Å². The highest BCUT2D eigenvalue weighted by molar-refractivity contribution is 5.84. The first-order valence-corrected chi connectivity index (χ1v) is 7.14. The Hall–Kier alpha value is -2.07. The fourth-order valence-corrected chi connectivity index (χ4v) is 2.93. The van der Waals surface area contributed by atoms with E-state index in [0.717, 1.165) is 6.54 Å². The van der Waals surface area contributed by atoms with Gasteiger partial charge < -0.3 is 14.9 Å². The summed E-state index contributed by atoms with van der Waals surface area (Å²) in [6.07, 6.45) is 8.68. The SMILES string of the molecule is NCc1cn(Cc2cncn2C2CC2)c2ccccc12. The predicted molar refractivity (Wildman–Crippen MR) is 79.4 cm³/mol. The Labute approximate surface area is 117 Å². The number of aromatic nitrogens is 3. The zero-order valence-corrected chi connectivity index (χ0v) is 11.4. The molecule has 0 aliphatic heterocycles. The molecular formula is C16H18N4. The first-order chi connectivity index (χ1) is 9.86. The van der Waals surface area contributed by atoms with E-state index in [1.807, 2.05) is 12.5 Å². The van der Waals surface area contributed by atoms with Gasteiger partial charge in [0.2, 0.25) is 0 Å². The molecule has 0 bridgehead atoms. The standard InChI is InChI=1S/C16H18N4/c17-7-12-9-19(16-4-2-1-3-15(12)16)10-14-8-18-11-20(14)13-5-6-13/h1-4,8-9,11,13H,5-7,10,17H2. The van der Waals surface area contributed by atoms with Gasteiger partial charge in [-0.25, -0.2) is 4.98 Å². The number of hydrogen-bond acceptors (Lipinski definition) is 2. The first-order valence-electron chi connectivity index (χ1n) is 7.14. The number of benzene rings is 1. The van der Waals surface area contributed by atoms with Crippen LogP contribution >= 0.6 is 0 Å². The van der Waals surface area contributed by atoms with E-state index in [9.17, 15) is 0 Å².